The smallest absolute Gasteiger partial charge is 0.293 e. The van der Waals surface area contributed by atoms with Gasteiger partial charge in [-0.05, 0) is 271 Å². The Hall–Kier alpha value is -12.5. The maximum Gasteiger partial charge on any atom is 0.293 e. The van der Waals surface area contributed by atoms with Crippen molar-refractivity contribution in [2.45, 2.75) is 127 Å². The lowest BCUT2D eigenvalue weighted by molar-refractivity contribution is 0.0598. The Bertz CT molecular complexity index is 6640. The number of oxazole rings is 1. The number of hydrogen-bond acceptors (Lipinski definition) is 26. The van der Waals surface area contributed by atoms with Crippen molar-refractivity contribution in [1.82, 2.24) is 49.9 Å². The number of likely N-dealkylation sites (tertiary alicyclic amines) is 4. The van der Waals surface area contributed by atoms with Crippen molar-refractivity contribution in [2.75, 3.05) is 105 Å². The molecule has 12 heterocycles. The number of piperidine rings is 4. The molecule has 4 aliphatic rings. The average Bonchev–Trinajstić information content (AvgIpc) is 1.61. The molecular weight excluding hydrogens is 1800 g/mol. The molecule has 22 rings (SSSR count). The standard InChI is InChI=1S/C30H30N2O4.C29H29N3O4.C26H27ClN2O3S.C25H26ClN3O4/c1-20-17-31-30(35-20)29-16-26-27(7-4-8-28(26)36-29)34-19-25(33)18-32-13-11-22(12-14-32)24-10-9-21-5-2-3-6-23(21)15-24;1-19-30-29(36-31-19)28-16-25-26(7-4-8-27(25)35-28)34-18-24(33)17-32-13-11-21(12-14-32)23-10-9-20-5-2-3-6-22(20)15-23;1-17-14-28-26(33-17)25-13-22-23(3-2-4-24(22)32-25)31-16-21(30)15-29-11-9-19(10-12-29)18-5-7-20(27)8-6-18;1-16-27-28-25(32-16)24-13-21-22(3-2-4-23(21)33-24)31-15-20(30)14-29-11-9-18(10-12-29)17-5-7-19(26)8-6-17/h2-10,15-17,22,25,33H,11-14,18-19H2,1H3;2-10,15-16,21,24,33H,11-14,17-18H2,1H3;2-8,13-14,19,21,30H,9-12,15-16H2,1H3;2-8,13,18,20,30H,9-12,14-15H2,1H3/t25-;24-;21-;20-/m1000/s1. The van der Waals surface area contributed by atoms with Crippen LogP contribution in [0.4, 0.5) is 0 Å². The Labute approximate surface area is 813 Å². The van der Waals surface area contributed by atoms with E-state index in [1.54, 1.807) is 31.4 Å². The summed E-state index contributed by atoms with van der Waals surface area (Å²) in [6, 6.07) is 77.2. The molecule has 25 nitrogen and oxygen atoms in total. The van der Waals surface area contributed by atoms with Gasteiger partial charge in [-0.1, -0.05) is 162 Å². The van der Waals surface area contributed by atoms with E-state index < -0.39 is 24.4 Å². The molecule has 138 heavy (non-hydrogen) atoms. The third-order valence-corrected chi connectivity index (χ3v) is 27.8. The minimum atomic E-state index is -0.586. The Morgan fingerprint density at radius 3 is 1.06 bits per heavy atom. The average molecular weight is 1920 g/mol. The molecule has 4 aliphatic heterocycles. The van der Waals surface area contributed by atoms with Crippen LogP contribution in [0.15, 0.2) is 274 Å². The van der Waals surface area contributed by atoms with Gasteiger partial charge in [-0.3, -0.25) is 0 Å². The number of β-amino-alcohol motifs (C(OH)–C–C–N with tert-alkyl or cyclic N) is 4. The zero-order chi connectivity index (χ0) is 94.5. The first kappa shape index (κ1) is 94.4. The fourth-order valence-electron chi connectivity index (χ4n) is 19.1. The number of ether oxygens (including phenoxy) is 4. The van der Waals surface area contributed by atoms with Crippen molar-refractivity contribution in [3.05, 3.63) is 298 Å². The number of nitrogens with zero attached hydrogens (tertiary/aromatic N) is 10. The summed E-state index contributed by atoms with van der Waals surface area (Å²) in [5.74, 6) is 10.1. The van der Waals surface area contributed by atoms with Gasteiger partial charge in [0, 0.05) is 72.4 Å². The molecule has 0 bridgehead atoms. The zero-order valence-corrected chi connectivity index (χ0v) is 79.9. The third kappa shape index (κ3) is 23.7. The summed E-state index contributed by atoms with van der Waals surface area (Å²) >= 11 is 13.6. The monoisotopic (exact) mass is 1910 g/mol. The third-order valence-electron chi connectivity index (χ3n) is 26.3. The molecule has 0 aliphatic carbocycles. The highest BCUT2D eigenvalue weighted by molar-refractivity contribution is 7.14. The number of halogens is 2. The summed E-state index contributed by atoms with van der Waals surface area (Å²) < 4.78 is 63.8. The fourth-order valence-corrected chi connectivity index (χ4v) is 20.1. The number of aryl methyl sites for hydroxylation is 4. The molecule has 18 aromatic rings. The van der Waals surface area contributed by atoms with Crippen molar-refractivity contribution in [1.29, 1.82) is 0 Å². The van der Waals surface area contributed by atoms with Crippen LogP contribution in [0.2, 0.25) is 10.0 Å². The van der Waals surface area contributed by atoms with Crippen LogP contribution in [0.1, 0.15) is 120 Å². The number of aromatic nitrogens is 6. The number of furan rings is 4. The summed E-state index contributed by atoms with van der Waals surface area (Å²) in [6.07, 6.45) is 9.93. The van der Waals surface area contributed by atoms with E-state index in [0.29, 0.717) is 131 Å². The highest BCUT2D eigenvalue weighted by atomic mass is 35.5. The maximum atomic E-state index is 10.7. The molecular formula is C110H112Cl2N10O15S. The van der Waals surface area contributed by atoms with Crippen LogP contribution in [-0.4, -0.2) is 200 Å². The van der Waals surface area contributed by atoms with Crippen LogP contribution in [0.25, 0.3) is 111 Å². The van der Waals surface area contributed by atoms with Gasteiger partial charge in [-0.15, -0.1) is 21.5 Å². The van der Waals surface area contributed by atoms with E-state index in [9.17, 15) is 20.4 Å². The molecule has 0 unspecified atom stereocenters. The van der Waals surface area contributed by atoms with E-state index in [0.717, 1.165) is 168 Å². The van der Waals surface area contributed by atoms with Crippen LogP contribution in [-0.2, 0) is 0 Å². The Morgan fingerprint density at radius 2 is 0.710 bits per heavy atom. The second-order valence-corrected chi connectivity index (χ2v) is 38.5. The first-order valence-electron chi connectivity index (χ1n) is 47.5. The Kier molecular flexibility index (Phi) is 30.2. The summed E-state index contributed by atoms with van der Waals surface area (Å²) in [6.45, 7) is 18.4. The lowest BCUT2D eigenvalue weighted by Crippen LogP contribution is -2.40. The van der Waals surface area contributed by atoms with Crippen molar-refractivity contribution in [3.63, 3.8) is 0 Å². The van der Waals surface area contributed by atoms with Crippen LogP contribution < -0.4 is 18.9 Å². The molecule has 4 atom stereocenters. The molecule has 712 valence electrons. The van der Waals surface area contributed by atoms with Crippen molar-refractivity contribution >= 4 is 100.0 Å². The number of hydrogen-bond donors (Lipinski definition) is 4. The first-order valence-corrected chi connectivity index (χ1v) is 49.1. The van der Waals surface area contributed by atoms with Gasteiger partial charge in [-0.2, -0.15) is 4.98 Å². The summed E-state index contributed by atoms with van der Waals surface area (Å²) in [4.78, 5) is 23.3. The second-order valence-electron chi connectivity index (χ2n) is 36.4. The molecule has 0 amide bonds. The molecule has 10 aromatic carbocycles. The van der Waals surface area contributed by atoms with Gasteiger partial charge in [-0.25, -0.2) is 9.97 Å². The highest BCUT2D eigenvalue weighted by Gasteiger charge is 2.30. The number of benzene rings is 10. The van der Waals surface area contributed by atoms with E-state index in [4.69, 9.17) is 73.2 Å². The van der Waals surface area contributed by atoms with Gasteiger partial charge in [0.1, 0.15) is 102 Å². The predicted molar refractivity (Wildman–Crippen MR) is 537 cm³/mol. The minimum Gasteiger partial charge on any atom is -0.490 e. The largest absolute Gasteiger partial charge is 0.490 e. The zero-order valence-electron chi connectivity index (χ0n) is 77.6. The quantitative estimate of drug-likeness (QED) is 0.0354. The normalized spacial score (nSPS) is 16.2. The summed E-state index contributed by atoms with van der Waals surface area (Å²) in [5, 5.41) is 65.2. The van der Waals surface area contributed by atoms with Crippen LogP contribution in [0.5, 0.6) is 23.0 Å². The summed E-state index contributed by atoms with van der Waals surface area (Å²) in [7, 11) is 0. The van der Waals surface area contributed by atoms with E-state index in [1.165, 1.54) is 43.8 Å². The first-order chi connectivity index (χ1) is 67.3. The van der Waals surface area contributed by atoms with Crippen molar-refractivity contribution in [2.24, 2.45) is 0 Å². The van der Waals surface area contributed by atoms with Gasteiger partial charge in [0.15, 0.2) is 33.9 Å². The number of thiazole rings is 1. The number of aliphatic hydroxyl groups is 4. The SMILES string of the molecule is Cc1cnc(-c2cc3c(OC[C@@H](O)CN4CCC(c5ccc(Cl)cc5)CC4)cccc3o2)s1.Cc1cnc(-c2cc3c(OC[C@H](O)CN4CCC(c5ccc6ccccc6c5)CC4)cccc3o2)o1.Cc1nnc(-c2cc3c(OC[C@@H](O)CN4CCC(c5ccc(Cl)cc5)CC4)cccc3o2)o1.Cc1noc(-c2cc3c(OC[C@@H](O)CN4CCC(c5ccc6ccccc6c5)CC4)cccc3o2)n1. The van der Waals surface area contributed by atoms with Gasteiger partial charge in [0.05, 0.1) is 27.7 Å². The van der Waals surface area contributed by atoms with Crippen LogP contribution in [0.3, 0.4) is 0 Å². The number of fused-ring (bicyclic) bond motifs is 6. The molecule has 0 spiro atoms. The van der Waals surface area contributed by atoms with Crippen molar-refractivity contribution < 1.29 is 70.4 Å². The molecule has 0 radical (unpaired) electrons. The number of rotatable bonds is 28. The molecule has 8 aromatic heterocycles. The topological polar surface area (TPSA) is 300 Å². The maximum absolute atomic E-state index is 10.7. The van der Waals surface area contributed by atoms with Gasteiger partial charge < -0.3 is 90.0 Å². The van der Waals surface area contributed by atoms with Crippen LogP contribution in [0, 0.1) is 27.7 Å². The molecule has 4 fully saturated rings. The molecule has 4 saturated heterocycles. The van der Waals surface area contributed by atoms with Crippen LogP contribution >= 0.6 is 34.5 Å². The summed E-state index contributed by atoms with van der Waals surface area (Å²) in [5.41, 5.74) is 8.32. The van der Waals surface area contributed by atoms with Gasteiger partial charge in [0.25, 0.3) is 17.7 Å². The molecule has 0 saturated carbocycles. The highest BCUT2D eigenvalue weighted by Crippen LogP contribution is 2.42. The van der Waals surface area contributed by atoms with Gasteiger partial charge in [0.2, 0.25) is 5.89 Å². The Morgan fingerprint density at radius 1 is 0.355 bits per heavy atom. The molecule has 28 heteroatoms. The van der Waals surface area contributed by atoms with E-state index >= 15 is 0 Å². The number of aliphatic hydroxyl groups excluding tert-OH is 4. The fraction of sp³-hybridized carbons (Fsp3) is 0.327. The van der Waals surface area contributed by atoms with Gasteiger partial charge >= 0.3 is 0 Å². The van der Waals surface area contributed by atoms with E-state index in [-0.39, 0.29) is 26.4 Å². The lowest BCUT2D eigenvalue weighted by Gasteiger charge is -2.33. The molecule has 4 N–H and O–H groups in total. The lowest BCUT2D eigenvalue weighted by atomic mass is 9.88. The predicted octanol–water partition coefficient (Wildman–Crippen LogP) is 22.9. The van der Waals surface area contributed by atoms with E-state index in [1.807, 2.05) is 141 Å². The Balaban J connectivity index is 0.000000118. The second kappa shape index (κ2) is 44.1. The van der Waals surface area contributed by atoms with Crippen molar-refractivity contribution in [3.8, 4) is 68.7 Å². The van der Waals surface area contributed by atoms with E-state index in [2.05, 4.69) is 159 Å². The minimum absolute atomic E-state index is 0.205.